The maximum absolute atomic E-state index is 12.0. The zero-order valence-corrected chi connectivity index (χ0v) is 12.5. The van der Waals surface area contributed by atoms with Crippen molar-refractivity contribution in [2.24, 2.45) is 5.73 Å². The first-order valence-corrected chi connectivity index (χ1v) is 6.74. The largest absolute Gasteiger partial charge is 0.350 e. The highest BCUT2D eigenvalue weighted by molar-refractivity contribution is 5.80. The van der Waals surface area contributed by atoms with Gasteiger partial charge < -0.3 is 11.1 Å². The lowest BCUT2D eigenvalue weighted by atomic mass is 10.1. The number of nitrogens with zero attached hydrogens (tertiary/aromatic N) is 3. The van der Waals surface area contributed by atoms with Gasteiger partial charge in [0.2, 0.25) is 5.91 Å². The van der Waals surface area contributed by atoms with Gasteiger partial charge in [0.15, 0.2) is 0 Å². The minimum atomic E-state index is -0.394. The minimum absolute atomic E-state index is 0.0759. The number of aromatic nitrogens is 3. The molecule has 0 aliphatic heterocycles. The zero-order valence-electron chi connectivity index (χ0n) is 12.5. The maximum atomic E-state index is 12.0. The lowest BCUT2D eigenvalue weighted by molar-refractivity contribution is -0.125. The van der Waals surface area contributed by atoms with Gasteiger partial charge in [-0.1, -0.05) is 18.6 Å². The van der Waals surface area contributed by atoms with Gasteiger partial charge in [0.1, 0.15) is 6.04 Å². The molecule has 108 valence electrons. The molecule has 6 nitrogen and oxygen atoms in total. The van der Waals surface area contributed by atoms with Gasteiger partial charge in [-0.25, -0.2) is 4.68 Å². The van der Waals surface area contributed by atoms with Gasteiger partial charge >= 0.3 is 0 Å². The van der Waals surface area contributed by atoms with E-state index < -0.39 is 6.04 Å². The van der Waals surface area contributed by atoms with E-state index in [9.17, 15) is 4.79 Å². The molecule has 1 aromatic heterocycles. The van der Waals surface area contributed by atoms with Crippen molar-refractivity contribution in [2.75, 3.05) is 0 Å². The van der Waals surface area contributed by atoms with E-state index in [-0.39, 0.29) is 17.5 Å². The summed E-state index contributed by atoms with van der Waals surface area (Å²) in [6.45, 7) is 9.71. The molecule has 3 N–H and O–H groups in total. The number of carbonyl (C=O) groups excluding carboxylic acids is 1. The fourth-order valence-corrected chi connectivity index (χ4v) is 1.70. The Morgan fingerprint density at radius 1 is 1.53 bits per heavy atom. The van der Waals surface area contributed by atoms with E-state index in [0.717, 1.165) is 18.5 Å². The first-order valence-electron chi connectivity index (χ1n) is 6.74. The van der Waals surface area contributed by atoms with Gasteiger partial charge in [0.05, 0.1) is 17.9 Å². The summed E-state index contributed by atoms with van der Waals surface area (Å²) in [5.41, 5.74) is 6.46. The van der Waals surface area contributed by atoms with E-state index in [0.29, 0.717) is 0 Å². The van der Waals surface area contributed by atoms with Crippen LogP contribution < -0.4 is 11.1 Å². The average Bonchev–Trinajstić information content (AvgIpc) is 2.75. The van der Waals surface area contributed by atoms with Crippen LogP contribution in [0.15, 0.2) is 6.20 Å². The van der Waals surface area contributed by atoms with Crippen LogP contribution in [0.1, 0.15) is 65.2 Å². The summed E-state index contributed by atoms with van der Waals surface area (Å²) < 4.78 is 1.56. The standard InChI is InChI=1S/C13H25N5O/c1-6-7-10(14)11-8-18(17-16-11)9(2)12(19)15-13(3,4)5/h8-10H,6-7,14H2,1-5H3,(H,15,19). The molecule has 6 heteroatoms. The van der Waals surface area contributed by atoms with E-state index in [1.165, 1.54) is 0 Å². The predicted octanol–water partition coefficient (Wildman–Crippen LogP) is 1.55. The van der Waals surface area contributed by atoms with E-state index >= 15 is 0 Å². The Kier molecular flexibility index (Phi) is 5.05. The molecule has 0 saturated heterocycles. The van der Waals surface area contributed by atoms with E-state index in [1.807, 2.05) is 20.8 Å². The summed E-state index contributed by atoms with van der Waals surface area (Å²) in [5.74, 6) is -0.0759. The molecular formula is C13H25N5O. The number of nitrogens with two attached hydrogens (primary N) is 1. The summed E-state index contributed by atoms with van der Waals surface area (Å²) in [6, 6.07) is -0.508. The second-order valence-corrected chi connectivity index (χ2v) is 5.93. The van der Waals surface area contributed by atoms with Crippen LogP contribution in [0.2, 0.25) is 0 Å². The van der Waals surface area contributed by atoms with Gasteiger partial charge in [-0.2, -0.15) is 0 Å². The van der Waals surface area contributed by atoms with Crippen LogP contribution in [0.3, 0.4) is 0 Å². The third-order valence-corrected chi connectivity index (χ3v) is 2.78. The van der Waals surface area contributed by atoms with Crippen molar-refractivity contribution in [2.45, 2.75) is 65.1 Å². The summed E-state index contributed by atoms with van der Waals surface area (Å²) in [4.78, 5) is 12.0. The SMILES string of the molecule is CCCC(N)c1cn(C(C)C(=O)NC(C)(C)C)nn1. The Hall–Kier alpha value is -1.43. The van der Waals surface area contributed by atoms with Crippen molar-refractivity contribution >= 4 is 5.91 Å². The molecule has 0 bridgehead atoms. The van der Waals surface area contributed by atoms with Crippen molar-refractivity contribution in [3.05, 3.63) is 11.9 Å². The predicted molar refractivity (Wildman–Crippen MR) is 74.5 cm³/mol. The molecule has 1 heterocycles. The molecule has 2 atom stereocenters. The van der Waals surface area contributed by atoms with Gasteiger partial charge in [-0.15, -0.1) is 5.10 Å². The zero-order chi connectivity index (χ0) is 14.6. The Balaban J connectivity index is 2.73. The van der Waals surface area contributed by atoms with E-state index in [4.69, 9.17) is 5.73 Å². The third kappa shape index (κ3) is 4.63. The highest BCUT2D eigenvalue weighted by atomic mass is 16.2. The Labute approximate surface area is 114 Å². The van der Waals surface area contributed by atoms with Gasteiger partial charge in [-0.3, -0.25) is 4.79 Å². The summed E-state index contributed by atoms with van der Waals surface area (Å²) in [6.07, 6.45) is 3.61. The fraction of sp³-hybridized carbons (Fsp3) is 0.769. The van der Waals surface area contributed by atoms with Crippen molar-refractivity contribution < 1.29 is 4.79 Å². The molecular weight excluding hydrogens is 242 g/mol. The van der Waals surface area contributed by atoms with Gasteiger partial charge in [0.25, 0.3) is 0 Å². The molecule has 0 spiro atoms. The lowest BCUT2D eigenvalue weighted by Crippen LogP contribution is -2.43. The second kappa shape index (κ2) is 6.14. The summed E-state index contributed by atoms with van der Waals surface area (Å²) in [7, 11) is 0. The maximum Gasteiger partial charge on any atom is 0.245 e. The van der Waals surface area contributed by atoms with Crippen LogP contribution in [0.5, 0.6) is 0 Å². The summed E-state index contributed by atoms with van der Waals surface area (Å²) in [5, 5.41) is 11.0. The monoisotopic (exact) mass is 267 g/mol. The Morgan fingerprint density at radius 2 is 2.16 bits per heavy atom. The van der Waals surface area contributed by atoms with Gasteiger partial charge in [0, 0.05) is 5.54 Å². The molecule has 0 fully saturated rings. The molecule has 1 aromatic rings. The number of amides is 1. The first kappa shape index (κ1) is 15.6. The fourth-order valence-electron chi connectivity index (χ4n) is 1.70. The van der Waals surface area contributed by atoms with Crippen molar-refractivity contribution in [3.8, 4) is 0 Å². The van der Waals surface area contributed by atoms with Crippen molar-refractivity contribution in [1.29, 1.82) is 0 Å². The quantitative estimate of drug-likeness (QED) is 0.847. The number of rotatable bonds is 5. The van der Waals surface area contributed by atoms with E-state index in [1.54, 1.807) is 17.8 Å². The second-order valence-electron chi connectivity index (χ2n) is 5.93. The smallest absolute Gasteiger partial charge is 0.245 e. The third-order valence-electron chi connectivity index (χ3n) is 2.78. The van der Waals surface area contributed by atoms with Crippen LogP contribution in [0.25, 0.3) is 0 Å². The van der Waals surface area contributed by atoms with Crippen LogP contribution in [-0.4, -0.2) is 26.4 Å². The minimum Gasteiger partial charge on any atom is -0.350 e. The molecule has 0 aliphatic rings. The van der Waals surface area contributed by atoms with Crippen molar-refractivity contribution in [1.82, 2.24) is 20.3 Å². The van der Waals surface area contributed by atoms with Crippen LogP contribution in [0, 0.1) is 0 Å². The lowest BCUT2D eigenvalue weighted by Gasteiger charge is -2.23. The summed E-state index contributed by atoms with van der Waals surface area (Å²) >= 11 is 0. The molecule has 2 unspecified atom stereocenters. The Morgan fingerprint density at radius 3 is 2.68 bits per heavy atom. The number of nitrogens with one attached hydrogen (secondary N) is 1. The van der Waals surface area contributed by atoms with Crippen LogP contribution >= 0.6 is 0 Å². The number of hydrogen-bond donors (Lipinski definition) is 2. The Bertz CT molecular complexity index is 421. The first-order chi connectivity index (χ1) is 8.74. The van der Waals surface area contributed by atoms with Crippen molar-refractivity contribution in [3.63, 3.8) is 0 Å². The number of hydrogen-bond acceptors (Lipinski definition) is 4. The molecule has 1 rings (SSSR count). The molecule has 0 radical (unpaired) electrons. The van der Waals surface area contributed by atoms with E-state index in [2.05, 4.69) is 22.6 Å². The highest BCUT2D eigenvalue weighted by Crippen LogP contribution is 2.14. The topological polar surface area (TPSA) is 85.8 Å². The van der Waals surface area contributed by atoms with Gasteiger partial charge in [-0.05, 0) is 34.1 Å². The molecule has 1 amide bonds. The molecule has 0 aromatic carbocycles. The average molecular weight is 267 g/mol. The molecule has 0 saturated carbocycles. The molecule has 0 aliphatic carbocycles. The normalized spacial score (nSPS) is 15.1. The van der Waals surface area contributed by atoms with Crippen LogP contribution in [-0.2, 0) is 4.79 Å². The highest BCUT2D eigenvalue weighted by Gasteiger charge is 2.22. The van der Waals surface area contributed by atoms with Crippen LogP contribution in [0.4, 0.5) is 0 Å². The molecule has 19 heavy (non-hydrogen) atoms. The number of carbonyl (C=O) groups is 1.